The van der Waals surface area contributed by atoms with Gasteiger partial charge >= 0.3 is 0 Å². The van der Waals surface area contributed by atoms with Crippen molar-refractivity contribution in [2.24, 2.45) is 0 Å². The van der Waals surface area contributed by atoms with Crippen LogP contribution in [0.3, 0.4) is 0 Å². The molecule has 0 saturated carbocycles. The van der Waals surface area contributed by atoms with E-state index in [2.05, 4.69) is 5.32 Å². The second-order valence-corrected chi connectivity index (χ2v) is 14.2. The van der Waals surface area contributed by atoms with Gasteiger partial charge in [0, 0.05) is 23.5 Å². The Morgan fingerprint density at radius 2 is 1.44 bits per heavy atom. The van der Waals surface area contributed by atoms with Gasteiger partial charge in [-0.25, -0.2) is 12.8 Å². The van der Waals surface area contributed by atoms with Gasteiger partial charge in [-0.05, 0) is 87.4 Å². The number of hydrogen-bond donors (Lipinski definition) is 1. The lowest BCUT2D eigenvalue weighted by Crippen LogP contribution is -2.56. The smallest absolute Gasteiger partial charge is 0.264 e. The Bertz CT molecular complexity index is 1710. The SMILES string of the molecule is Cc1ccc(S(=O)(=O)N(CC(=O)N(Cc2ccc(Cl)cc2)[C@H](Cc2ccccc2)C(=O)NC(C)(C)C)c2ccc(F)cc2)cc1. The van der Waals surface area contributed by atoms with E-state index >= 15 is 0 Å². The second kappa shape index (κ2) is 14.3. The third-order valence-electron chi connectivity index (χ3n) is 7.04. The summed E-state index contributed by atoms with van der Waals surface area (Å²) < 4.78 is 42.9. The fraction of sp³-hybridized carbons (Fsp3) is 0.257. The molecule has 1 N–H and O–H groups in total. The lowest BCUT2D eigenvalue weighted by Gasteiger charge is -2.35. The van der Waals surface area contributed by atoms with E-state index in [0.29, 0.717) is 10.6 Å². The number of anilines is 1. The number of halogens is 2. The molecule has 10 heteroatoms. The van der Waals surface area contributed by atoms with E-state index in [1.54, 1.807) is 36.4 Å². The summed E-state index contributed by atoms with van der Waals surface area (Å²) in [5, 5.41) is 3.50. The minimum absolute atomic E-state index is 0.00685. The van der Waals surface area contributed by atoms with Crippen LogP contribution < -0.4 is 9.62 Å². The van der Waals surface area contributed by atoms with Crippen LogP contribution in [0.2, 0.25) is 5.02 Å². The van der Waals surface area contributed by atoms with E-state index in [1.165, 1.54) is 29.2 Å². The number of benzene rings is 4. The fourth-order valence-electron chi connectivity index (χ4n) is 4.77. The van der Waals surface area contributed by atoms with Crippen LogP contribution in [0.25, 0.3) is 0 Å². The van der Waals surface area contributed by atoms with Gasteiger partial charge in [-0.3, -0.25) is 13.9 Å². The average Bonchev–Trinajstić information content (AvgIpc) is 2.99. The number of carbonyl (C=O) groups excluding carboxylic acids is 2. The molecule has 0 aliphatic heterocycles. The van der Waals surface area contributed by atoms with Crippen LogP contribution in [0.5, 0.6) is 0 Å². The molecule has 0 bridgehead atoms. The largest absolute Gasteiger partial charge is 0.350 e. The van der Waals surface area contributed by atoms with Gasteiger partial charge < -0.3 is 10.2 Å². The van der Waals surface area contributed by atoms with Gasteiger partial charge in [-0.1, -0.05) is 71.8 Å². The van der Waals surface area contributed by atoms with Crippen molar-refractivity contribution in [1.82, 2.24) is 10.2 Å². The molecule has 0 aliphatic carbocycles. The van der Waals surface area contributed by atoms with E-state index in [4.69, 9.17) is 11.6 Å². The first-order valence-electron chi connectivity index (χ1n) is 14.5. The number of rotatable bonds is 11. The summed E-state index contributed by atoms with van der Waals surface area (Å²) in [6, 6.07) is 26.3. The van der Waals surface area contributed by atoms with Crippen LogP contribution in [-0.2, 0) is 32.6 Å². The number of aryl methyl sites for hydroxylation is 1. The molecule has 0 heterocycles. The number of amides is 2. The molecule has 1 atom stereocenters. The molecule has 0 spiro atoms. The normalized spacial score (nSPS) is 12.3. The monoisotopic (exact) mass is 649 g/mol. The maximum atomic E-state index is 14.4. The van der Waals surface area contributed by atoms with Crippen molar-refractivity contribution >= 4 is 39.1 Å². The molecule has 0 unspecified atom stereocenters. The van der Waals surface area contributed by atoms with Crippen molar-refractivity contribution in [3.63, 3.8) is 0 Å². The van der Waals surface area contributed by atoms with E-state index < -0.39 is 39.9 Å². The summed E-state index contributed by atoms with van der Waals surface area (Å²) in [7, 11) is -4.28. The van der Waals surface area contributed by atoms with Gasteiger partial charge in [-0.15, -0.1) is 0 Å². The van der Waals surface area contributed by atoms with Crippen molar-refractivity contribution in [1.29, 1.82) is 0 Å². The van der Waals surface area contributed by atoms with Crippen LogP contribution >= 0.6 is 11.6 Å². The van der Waals surface area contributed by atoms with Crippen molar-refractivity contribution in [3.8, 4) is 0 Å². The molecule has 2 amide bonds. The average molecular weight is 650 g/mol. The minimum atomic E-state index is -4.28. The molecule has 4 aromatic rings. The quantitative estimate of drug-likeness (QED) is 0.200. The zero-order valence-electron chi connectivity index (χ0n) is 25.7. The molecular formula is C35H37ClFN3O4S. The Morgan fingerprint density at radius 1 is 0.844 bits per heavy atom. The number of sulfonamides is 1. The number of nitrogens with one attached hydrogen (secondary N) is 1. The first-order chi connectivity index (χ1) is 21.2. The molecule has 7 nitrogen and oxygen atoms in total. The Labute approximate surface area is 269 Å². The van der Waals surface area contributed by atoms with Crippen molar-refractivity contribution in [2.75, 3.05) is 10.8 Å². The highest BCUT2D eigenvalue weighted by atomic mass is 35.5. The van der Waals surface area contributed by atoms with Crippen LogP contribution in [0.1, 0.15) is 37.5 Å². The lowest BCUT2D eigenvalue weighted by molar-refractivity contribution is -0.140. The fourth-order valence-corrected chi connectivity index (χ4v) is 6.31. The van der Waals surface area contributed by atoms with E-state index in [1.807, 2.05) is 58.0 Å². The van der Waals surface area contributed by atoms with Crippen LogP contribution in [0.15, 0.2) is 108 Å². The molecule has 236 valence electrons. The van der Waals surface area contributed by atoms with Gasteiger partial charge in [0.1, 0.15) is 18.4 Å². The highest BCUT2D eigenvalue weighted by Crippen LogP contribution is 2.26. The maximum Gasteiger partial charge on any atom is 0.264 e. The number of carbonyl (C=O) groups is 2. The van der Waals surface area contributed by atoms with Gasteiger partial charge in [0.2, 0.25) is 11.8 Å². The summed E-state index contributed by atoms with van der Waals surface area (Å²) in [5.74, 6) is -1.55. The van der Waals surface area contributed by atoms with Crippen LogP contribution in [0.4, 0.5) is 10.1 Å². The molecule has 4 rings (SSSR count). The summed E-state index contributed by atoms with van der Waals surface area (Å²) in [6.45, 7) is 6.75. The van der Waals surface area contributed by atoms with Crippen molar-refractivity contribution < 1.29 is 22.4 Å². The summed E-state index contributed by atoms with van der Waals surface area (Å²) in [5.41, 5.74) is 1.89. The predicted octanol–water partition coefficient (Wildman–Crippen LogP) is 6.54. The zero-order chi connectivity index (χ0) is 32.8. The molecule has 0 aromatic heterocycles. The van der Waals surface area contributed by atoms with Crippen LogP contribution in [-0.4, -0.2) is 43.3 Å². The number of nitrogens with zero attached hydrogens (tertiary/aromatic N) is 2. The molecule has 0 radical (unpaired) electrons. The standard InChI is InChI=1S/C35H37ClFN3O4S/c1-25-10-20-31(21-11-25)45(43,44)40(30-18-16-29(37)17-19-30)24-33(41)39(23-27-12-14-28(36)15-13-27)32(34(42)38-35(2,3)4)22-26-8-6-5-7-9-26/h5-21,32H,22-24H2,1-4H3,(H,38,42)/t32-/m1/s1. The molecular weight excluding hydrogens is 613 g/mol. The van der Waals surface area contributed by atoms with E-state index in [0.717, 1.165) is 27.6 Å². The summed E-state index contributed by atoms with van der Waals surface area (Å²) >= 11 is 6.12. The Kier molecular flexibility index (Phi) is 10.7. The van der Waals surface area contributed by atoms with Gasteiger partial charge in [0.15, 0.2) is 0 Å². The molecule has 0 fully saturated rings. The summed E-state index contributed by atoms with van der Waals surface area (Å²) in [4.78, 5) is 29.7. The molecule has 45 heavy (non-hydrogen) atoms. The van der Waals surface area contributed by atoms with Crippen molar-refractivity contribution in [2.45, 2.75) is 57.1 Å². The lowest BCUT2D eigenvalue weighted by atomic mass is 10.0. The maximum absolute atomic E-state index is 14.4. The first kappa shape index (κ1) is 33.7. The minimum Gasteiger partial charge on any atom is -0.350 e. The Hall–Kier alpha value is -4.21. The third-order valence-corrected chi connectivity index (χ3v) is 9.08. The highest BCUT2D eigenvalue weighted by molar-refractivity contribution is 7.92. The van der Waals surface area contributed by atoms with Crippen LogP contribution in [0, 0.1) is 12.7 Å². The summed E-state index contributed by atoms with van der Waals surface area (Å²) in [6.07, 6.45) is 0.184. The second-order valence-electron chi connectivity index (χ2n) is 11.9. The number of hydrogen-bond acceptors (Lipinski definition) is 4. The molecule has 0 saturated heterocycles. The van der Waals surface area contributed by atoms with Gasteiger partial charge in [-0.2, -0.15) is 0 Å². The van der Waals surface area contributed by atoms with E-state index in [-0.39, 0.29) is 29.5 Å². The Morgan fingerprint density at radius 3 is 2.02 bits per heavy atom. The molecule has 4 aromatic carbocycles. The third kappa shape index (κ3) is 9.15. The first-order valence-corrected chi connectivity index (χ1v) is 16.3. The van der Waals surface area contributed by atoms with Crippen molar-refractivity contribution in [3.05, 3.63) is 131 Å². The molecule has 0 aliphatic rings. The topological polar surface area (TPSA) is 86.8 Å². The zero-order valence-corrected chi connectivity index (χ0v) is 27.3. The predicted molar refractivity (Wildman–Crippen MR) is 176 cm³/mol. The van der Waals surface area contributed by atoms with E-state index in [9.17, 15) is 22.4 Å². The van der Waals surface area contributed by atoms with Gasteiger partial charge in [0.25, 0.3) is 10.0 Å². The van der Waals surface area contributed by atoms with Gasteiger partial charge in [0.05, 0.1) is 10.6 Å². The Balaban J connectivity index is 1.81. The highest BCUT2D eigenvalue weighted by Gasteiger charge is 2.35.